The van der Waals surface area contributed by atoms with Gasteiger partial charge in [0.05, 0.1) is 26.4 Å². The van der Waals surface area contributed by atoms with Crippen molar-refractivity contribution in [3.8, 4) is 5.75 Å². The van der Waals surface area contributed by atoms with E-state index in [4.69, 9.17) is 18.1 Å². The third-order valence-corrected chi connectivity index (χ3v) is 10.1. The summed E-state index contributed by atoms with van der Waals surface area (Å²) in [5, 5.41) is 10.5. The first-order valence-corrected chi connectivity index (χ1v) is 15.3. The number of phenolic OH excluding ortho intramolecular Hbond substituents is 1. The normalized spacial score (nSPS) is 14.2. The van der Waals surface area contributed by atoms with Gasteiger partial charge >= 0.3 is 15.2 Å². The van der Waals surface area contributed by atoms with Crippen molar-refractivity contribution in [2.45, 2.75) is 79.1 Å². The molecule has 1 aromatic rings. The number of hydrogen-bond acceptors (Lipinski definition) is 7. The highest BCUT2D eigenvalue weighted by atomic mass is 31.2. The summed E-state index contributed by atoms with van der Waals surface area (Å²) < 4.78 is 51.1. The molecule has 0 fully saturated rings. The molecule has 1 N–H and O–H groups in total. The summed E-state index contributed by atoms with van der Waals surface area (Å²) in [5.41, 5.74) is 2.56. The number of aromatic hydroxyl groups is 1. The van der Waals surface area contributed by atoms with Crippen LogP contribution in [-0.4, -0.2) is 31.5 Å². The molecular formula is C24H40O7P2. The molecule has 0 aliphatic heterocycles. The van der Waals surface area contributed by atoms with Gasteiger partial charge < -0.3 is 23.2 Å². The number of aryl methyl sites for hydroxylation is 1. The summed E-state index contributed by atoms with van der Waals surface area (Å²) in [6.07, 6.45) is 7.74. The summed E-state index contributed by atoms with van der Waals surface area (Å²) in [6, 6.07) is 3.56. The molecule has 9 heteroatoms. The summed E-state index contributed by atoms with van der Waals surface area (Å²) in [6.45, 7) is 8.30. The number of fused-ring (bicyclic) bond motifs is 1. The highest BCUT2D eigenvalue weighted by molar-refractivity contribution is 7.79. The highest BCUT2D eigenvalue weighted by Gasteiger charge is 2.45. The van der Waals surface area contributed by atoms with Gasteiger partial charge in [0, 0.05) is 0 Å². The lowest BCUT2D eigenvalue weighted by molar-refractivity contribution is 0.199. The first-order chi connectivity index (χ1) is 15.8. The third-order valence-electron chi connectivity index (χ3n) is 5.18. The van der Waals surface area contributed by atoms with E-state index in [1.54, 1.807) is 6.07 Å². The van der Waals surface area contributed by atoms with Crippen LogP contribution in [-0.2, 0) is 40.1 Å². The van der Waals surface area contributed by atoms with Gasteiger partial charge in [-0.05, 0) is 80.2 Å². The lowest BCUT2D eigenvalue weighted by atomic mass is 9.89. The summed E-state index contributed by atoms with van der Waals surface area (Å²) in [7, 11) is -8.01. The Morgan fingerprint density at radius 2 is 1.27 bits per heavy atom. The molecule has 0 atom stereocenters. The monoisotopic (exact) mass is 502 g/mol. The van der Waals surface area contributed by atoms with Crippen LogP contribution >= 0.6 is 15.2 Å². The second-order valence-electron chi connectivity index (χ2n) is 8.22. The van der Waals surface area contributed by atoms with Crippen molar-refractivity contribution < 1.29 is 32.3 Å². The fourth-order valence-electron chi connectivity index (χ4n) is 3.59. The van der Waals surface area contributed by atoms with Gasteiger partial charge in [-0.15, -0.1) is 0 Å². The van der Waals surface area contributed by atoms with Crippen molar-refractivity contribution in [3.05, 3.63) is 33.9 Å². The van der Waals surface area contributed by atoms with Gasteiger partial charge in [0.1, 0.15) is 5.75 Å². The fourth-order valence-corrected chi connectivity index (χ4v) is 8.47. The minimum atomic E-state index is -4.01. The SMILES string of the molecule is CCCOP(=O)(OCCC)C(=Cc1cc(O)c2c(c1)CCCC2)P(=O)(OCCC)OCCC. The molecule has 188 valence electrons. The highest BCUT2D eigenvalue weighted by Crippen LogP contribution is 2.74. The average Bonchev–Trinajstić information content (AvgIpc) is 2.82. The molecule has 0 saturated heterocycles. The molecule has 2 rings (SSSR count). The van der Waals surface area contributed by atoms with Crippen molar-refractivity contribution in [2.75, 3.05) is 26.4 Å². The van der Waals surface area contributed by atoms with E-state index < -0.39 is 15.2 Å². The Kier molecular flexibility index (Phi) is 11.9. The van der Waals surface area contributed by atoms with Crippen LogP contribution in [0.4, 0.5) is 0 Å². The molecule has 1 aliphatic carbocycles. The van der Waals surface area contributed by atoms with Crippen molar-refractivity contribution in [2.24, 2.45) is 0 Å². The lowest BCUT2D eigenvalue weighted by Gasteiger charge is -2.27. The quantitative estimate of drug-likeness (QED) is 0.246. The van der Waals surface area contributed by atoms with Gasteiger partial charge in [0.15, 0.2) is 5.06 Å². The molecule has 1 aromatic carbocycles. The minimum absolute atomic E-state index is 0.103. The third kappa shape index (κ3) is 7.78. The smallest absolute Gasteiger partial charge is 0.369 e. The van der Waals surface area contributed by atoms with Gasteiger partial charge in [-0.25, -0.2) is 0 Å². The van der Waals surface area contributed by atoms with Crippen LogP contribution in [0.25, 0.3) is 6.08 Å². The van der Waals surface area contributed by atoms with Gasteiger partial charge in [-0.3, -0.25) is 9.13 Å². The van der Waals surface area contributed by atoms with Crippen LogP contribution in [0.1, 0.15) is 82.9 Å². The molecular weight excluding hydrogens is 462 g/mol. The Balaban J connectivity index is 2.67. The number of benzene rings is 1. The van der Waals surface area contributed by atoms with Gasteiger partial charge in [-0.2, -0.15) is 0 Å². The van der Waals surface area contributed by atoms with E-state index in [9.17, 15) is 14.2 Å². The standard InChI is InChI=1S/C24H40O7P2/c1-5-13-28-32(26,29-14-6-2)24(33(27,30-15-7-3)31-16-8-4)19-20-17-21-11-9-10-12-22(21)23(25)18-20/h17-19,25H,5-16H2,1-4H3. The van der Waals surface area contributed by atoms with E-state index in [2.05, 4.69) is 0 Å². The minimum Gasteiger partial charge on any atom is -0.508 e. The molecule has 0 unspecified atom stereocenters. The van der Waals surface area contributed by atoms with Crippen LogP contribution in [0.3, 0.4) is 0 Å². The van der Waals surface area contributed by atoms with E-state index in [1.165, 1.54) is 6.08 Å². The van der Waals surface area contributed by atoms with Crippen LogP contribution in [0.2, 0.25) is 0 Å². The predicted molar refractivity (Wildman–Crippen MR) is 133 cm³/mol. The van der Waals surface area contributed by atoms with Gasteiger partial charge in [-0.1, -0.05) is 33.8 Å². The second kappa shape index (κ2) is 13.8. The van der Waals surface area contributed by atoms with Gasteiger partial charge in [0.2, 0.25) is 0 Å². The molecule has 1 aliphatic rings. The maximum absolute atomic E-state index is 14.1. The van der Waals surface area contributed by atoms with Crippen LogP contribution in [0.15, 0.2) is 17.2 Å². The topological polar surface area (TPSA) is 91.3 Å². The van der Waals surface area contributed by atoms with E-state index >= 15 is 0 Å². The first-order valence-electron chi connectivity index (χ1n) is 12.2. The Labute approximate surface area is 198 Å². The summed E-state index contributed by atoms with van der Waals surface area (Å²) in [4.78, 5) is 0. The first kappa shape index (κ1) is 28.3. The molecule has 0 spiro atoms. The number of hydrogen-bond donors (Lipinski definition) is 1. The Bertz CT molecular complexity index is 822. The number of phenols is 1. The van der Waals surface area contributed by atoms with E-state index in [1.807, 2.05) is 33.8 Å². The van der Waals surface area contributed by atoms with E-state index in [-0.39, 0.29) is 37.2 Å². The largest absolute Gasteiger partial charge is 0.508 e. The average molecular weight is 503 g/mol. The van der Waals surface area contributed by atoms with Crippen molar-refractivity contribution >= 4 is 21.3 Å². The Morgan fingerprint density at radius 3 is 1.73 bits per heavy atom. The van der Waals surface area contributed by atoms with Crippen molar-refractivity contribution in [1.29, 1.82) is 0 Å². The summed E-state index contributed by atoms with van der Waals surface area (Å²) >= 11 is 0. The molecule has 7 nitrogen and oxygen atoms in total. The van der Waals surface area contributed by atoms with E-state index in [0.29, 0.717) is 31.2 Å². The van der Waals surface area contributed by atoms with Crippen LogP contribution < -0.4 is 0 Å². The van der Waals surface area contributed by atoms with Crippen LogP contribution in [0, 0.1) is 0 Å². The molecule has 0 aromatic heterocycles. The van der Waals surface area contributed by atoms with Crippen LogP contribution in [0.5, 0.6) is 5.75 Å². The maximum Gasteiger partial charge on any atom is 0.369 e. The summed E-state index contributed by atoms with van der Waals surface area (Å²) in [5.74, 6) is 0.190. The van der Waals surface area contributed by atoms with E-state index in [0.717, 1.165) is 36.8 Å². The molecule has 0 amide bonds. The van der Waals surface area contributed by atoms with Crippen molar-refractivity contribution in [3.63, 3.8) is 0 Å². The lowest BCUT2D eigenvalue weighted by Crippen LogP contribution is -2.07. The zero-order valence-electron chi connectivity index (χ0n) is 20.5. The Hall–Kier alpha value is -0.940. The molecule has 0 saturated carbocycles. The molecule has 0 radical (unpaired) electrons. The number of rotatable bonds is 15. The Morgan fingerprint density at radius 1 is 0.818 bits per heavy atom. The zero-order chi connectivity index (χ0) is 24.3. The predicted octanol–water partition coefficient (Wildman–Crippen LogP) is 7.66. The molecule has 0 bridgehead atoms. The molecule has 0 heterocycles. The second-order valence-corrected chi connectivity index (χ2v) is 12.6. The molecule has 33 heavy (non-hydrogen) atoms. The maximum atomic E-state index is 14.1. The van der Waals surface area contributed by atoms with Gasteiger partial charge in [0.25, 0.3) is 0 Å². The fraction of sp³-hybridized carbons (Fsp3) is 0.667. The zero-order valence-corrected chi connectivity index (χ0v) is 22.3. The van der Waals surface area contributed by atoms with Crippen molar-refractivity contribution in [1.82, 2.24) is 0 Å².